The number of nitrogens with two attached hydrogens (primary N) is 1. The summed E-state index contributed by atoms with van der Waals surface area (Å²) in [6.07, 6.45) is 1.78. The third-order valence-corrected chi connectivity index (χ3v) is 6.54. The van der Waals surface area contributed by atoms with Crippen LogP contribution in [0.2, 0.25) is 0 Å². The summed E-state index contributed by atoms with van der Waals surface area (Å²) in [6, 6.07) is 13.3. The molecule has 1 fully saturated rings. The molecule has 2 heterocycles. The summed E-state index contributed by atoms with van der Waals surface area (Å²) in [7, 11) is -3.68. The molecule has 1 atom stereocenters. The molecule has 1 aromatic heterocycles. The number of carbonyl (C=O) groups is 1. The number of benzene rings is 2. The average molecular weight is 428 g/mol. The van der Waals surface area contributed by atoms with Crippen LogP contribution in [0, 0.1) is 0 Å². The highest BCUT2D eigenvalue weighted by Gasteiger charge is 2.34. The molecule has 1 aliphatic rings. The Bertz CT molecular complexity index is 1170. The van der Waals surface area contributed by atoms with Gasteiger partial charge in [-0.2, -0.15) is 4.31 Å². The number of aromatic nitrogens is 2. The summed E-state index contributed by atoms with van der Waals surface area (Å²) in [5.41, 5.74) is 6.52. The number of rotatable bonds is 7. The molecule has 0 spiro atoms. The summed E-state index contributed by atoms with van der Waals surface area (Å²) >= 11 is 0. The molecule has 30 heavy (non-hydrogen) atoms. The lowest BCUT2D eigenvalue weighted by molar-refractivity contribution is -0.119. The fourth-order valence-corrected chi connectivity index (χ4v) is 4.68. The molecule has 1 amide bonds. The number of sulfonamides is 1. The van der Waals surface area contributed by atoms with Crippen molar-refractivity contribution in [3.05, 3.63) is 54.7 Å². The molecule has 1 saturated heterocycles. The van der Waals surface area contributed by atoms with E-state index in [1.54, 1.807) is 6.20 Å². The zero-order chi connectivity index (χ0) is 21.1. The lowest BCUT2D eigenvalue weighted by Crippen LogP contribution is -2.31. The molecule has 4 rings (SSSR count). The monoisotopic (exact) mass is 428 g/mol. The van der Waals surface area contributed by atoms with Gasteiger partial charge in [0.2, 0.25) is 15.9 Å². The number of fused-ring (bicyclic) bond motifs is 1. The highest BCUT2D eigenvalue weighted by molar-refractivity contribution is 7.89. The first-order valence-electron chi connectivity index (χ1n) is 9.31. The topological polar surface area (TPSA) is 125 Å². The Balaban J connectivity index is 1.41. The van der Waals surface area contributed by atoms with Crippen molar-refractivity contribution < 1.29 is 22.7 Å². The van der Waals surface area contributed by atoms with Crippen LogP contribution in [0.25, 0.3) is 11.0 Å². The number of primary amides is 1. The third kappa shape index (κ3) is 4.34. The molecule has 0 saturated carbocycles. The van der Waals surface area contributed by atoms with Gasteiger partial charge in [-0.05, 0) is 42.8 Å². The van der Waals surface area contributed by atoms with E-state index in [0.29, 0.717) is 24.6 Å². The quantitative estimate of drug-likeness (QED) is 0.602. The minimum Gasteiger partial charge on any atom is -0.484 e. The molecule has 9 nitrogen and oxygen atoms in total. The second kappa shape index (κ2) is 8.25. The molecular formula is C20H20N4O5S. The number of para-hydroxylation sites is 2. The Kier molecular flexibility index (Phi) is 5.51. The van der Waals surface area contributed by atoms with E-state index in [1.165, 1.54) is 28.6 Å². The number of amides is 1. The molecule has 2 aromatic carbocycles. The van der Waals surface area contributed by atoms with Crippen LogP contribution >= 0.6 is 0 Å². The van der Waals surface area contributed by atoms with Gasteiger partial charge in [-0.15, -0.1) is 0 Å². The van der Waals surface area contributed by atoms with E-state index in [2.05, 4.69) is 9.97 Å². The third-order valence-electron chi connectivity index (χ3n) is 4.66. The standard InChI is InChI=1S/C20H20N4O5S/c21-19(25)13-28-14-5-7-16(8-6-14)30(26,27)24-10-9-15(12-24)29-20-11-22-17-3-1-2-4-18(17)23-20/h1-8,11,15H,9-10,12-13H2,(H2,21,25). The Morgan fingerprint density at radius 2 is 1.87 bits per heavy atom. The van der Waals surface area contributed by atoms with E-state index in [4.69, 9.17) is 15.2 Å². The maximum atomic E-state index is 12.9. The van der Waals surface area contributed by atoms with Gasteiger partial charge in [0.25, 0.3) is 5.91 Å². The van der Waals surface area contributed by atoms with Crippen molar-refractivity contribution in [2.75, 3.05) is 19.7 Å². The fourth-order valence-electron chi connectivity index (χ4n) is 3.19. The number of hydrogen-bond acceptors (Lipinski definition) is 7. The SMILES string of the molecule is NC(=O)COc1ccc(S(=O)(=O)N2CCC(Oc3cnc4ccccc4n3)C2)cc1. The average Bonchev–Trinajstić information content (AvgIpc) is 3.22. The van der Waals surface area contributed by atoms with Gasteiger partial charge < -0.3 is 15.2 Å². The predicted molar refractivity (Wildman–Crippen MR) is 108 cm³/mol. The van der Waals surface area contributed by atoms with Crippen LogP contribution in [-0.2, 0) is 14.8 Å². The second-order valence-corrected chi connectivity index (χ2v) is 8.75. The minimum absolute atomic E-state index is 0.139. The van der Waals surface area contributed by atoms with E-state index in [-0.39, 0.29) is 24.2 Å². The Morgan fingerprint density at radius 1 is 1.13 bits per heavy atom. The largest absolute Gasteiger partial charge is 0.484 e. The molecule has 156 valence electrons. The predicted octanol–water partition coefficient (Wildman–Crippen LogP) is 1.34. The van der Waals surface area contributed by atoms with Crippen LogP contribution in [0.15, 0.2) is 59.6 Å². The van der Waals surface area contributed by atoms with Gasteiger partial charge in [0.15, 0.2) is 6.61 Å². The van der Waals surface area contributed by atoms with Crippen LogP contribution in [0.4, 0.5) is 0 Å². The Labute approximate surface area is 173 Å². The van der Waals surface area contributed by atoms with Crippen LogP contribution in [0.1, 0.15) is 6.42 Å². The van der Waals surface area contributed by atoms with Crippen molar-refractivity contribution in [3.8, 4) is 11.6 Å². The van der Waals surface area contributed by atoms with Gasteiger partial charge in [-0.25, -0.2) is 18.4 Å². The highest BCUT2D eigenvalue weighted by atomic mass is 32.2. The summed E-state index contributed by atoms with van der Waals surface area (Å²) < 4.78 is 38.2. The minimum atomic E-state index is -3.68. The van der Waals surface area contributed by atoms with Gasteiger partial charge in [-0.3, -0.25) is 4.79 Å². The van der Waals surface area contributed by atoms with Crippen molar-refractivity contribution >= 4 is 27.0 Å². The van der Waals surface area contributed by atoms with Crippen LogP contribution < -0.4 is 15.2 Å². The second-order valence-electron chi connectivity index (χ2n) is 6.81. The van der Waals surface area contributed by atoms with Crippen molar-refractivity contribution in [1.82, 2.24) is 14.3 Å². The number of hydrogen-bond donors (Lipinski definition) is 1. The van der Waals surface area contributed by atoms with Gasteiger partial charge in [0, 0.05) is 6.54 Å². The molecule has 0 aliphatic carbocycles. The van der Waals surface area contributed by atoms with E-state index in [9.17, 15) is 13.2 Å². The first kappa shape index (κ1) is 20.0. The highest BCUT2D eigenvalue weighted by Crippen LogP contribution is 2.25. The molecule has 0 radical (unpaired) electrons. The van der Waals surface area contributed by atoms with Gasteiger partial charge >= 0.3 is 0 Å². The zero-order valence-electron chi connectivity index (χ0n) is 16.0. The summed E-state index contributed by atoms with van der Waals surface area (Å²) in [5, 5.41) is 0. The van der Waals surface area contributed by atoms with E-state index >= 15 is 0 Å². The molecular weight excluding hydrogens is 408 g/mol. The number of nitrogens with zero attached hydrogens (tertiary/aromatic N) is 3. The summed E-state index contributed by atoms with van der Waals surface area (Å²) in [5.74, 6) is 0.130. The maximum absolute atomic E-state index is 12.9. The molecule has 3 aromatic rings. The molecule has 1 unspecified atom stereocenters. The molecule has 2 N–H and O–H groups in total. The van der Waals surface area contributed by atoms with E-state index < -0.39 is 15.9 Å². The van der Waals surface area contributed by atoms with Gasteiger partial charge in [0.1, 0.15) is 11.9 Å². The normalized spacial score (nSPS) is 17.1. The Morgan fingerprint density at radius 3 is 2.60 bits per heavy atom. The van der Waals surface area contributed by atoms with Gasteiger partial charge in [-0.1, -0.05) is 12.1 Å². The number of ether oxygens (including phenoxy) is 2. The zero-order valence-corrected chi connectivity index (χ0v) is 16.8. The van der Waals surface area contributed by atoms with Crippen molar-refractivity contribution in [3.63, 3.8) is 0 Å². The van der Waals surface area contributed by atoms with E-state index in [0.717, 1.165) is 11.0 Å². The first-order chi connectivity index (χ1) is 14.4. The molecule has 0 bridgehead atoms. The molecule has 10 heteroatoms. The van der Waals surface area contributed by atoms with Crippen molar-refractivity contribution in [2.24, 2.45) is 5.73 Å². The van der Waals surface area contributed by atoms with Crippen molar-refractivity contribution in [2.45, 2.75) is 17.4 Å². The first-order valence-corrected chi connectivity index (χ1v) is 10.8. The summed E-state index contributed by atoms with van der Waals surface area (Å²) in [4.78, 5) is 19.6. The lowest BCUT2D eigenvalue weighted by atomic mass is 10.3. The van der Waals surface area contributed by atoms with Gasteiger partial charge in [0.05, 0.1) is 28.7 Å². The van der Waals surface area contributed by atoms with E-state index in [1.807, 2.05) is 24.3 Å². The van der Waals surface area contributed by atoms with Crippen LogP contribution in [-0.4, -0.2) is 54.4 Å². The number of carbonyl (C=O) groups excluding carboxylic acids is 1. The smallest absolute Gasteiger partial charge is 0.255 e. The molecule has 1 aliphatic heterocycles. The van der Waals surface area contributed by atoms with Crippen LogP contribution in [0.5, 0.6) is 11.6 Å². The van der Waals surface area contributed by atoms with Crippen molar-refractivity contribution in [1.29, 1.82) is 0 Å². The maximum Gasteiger partial charge on any atom is 0.255 e. The van der Waals surface area contributed by atoms with Crippen LogP contribution in [0.3, 0.4) is 0 Å². The lowest BCUT2D eigenvalue weighted by Gasteiger charge is -2.17. The summed E-state index contributed by atoms with van der Waals surface area (Å²) in [6.45, 7) is 0.291. The Hall–Kier alpha value is -3.24. The fraction of sp³-hybridized carbons (Fsp3) is 0.250.